The molecular formula is C13H19N3O2. The van der Waals surface area contributed by atoms with Crippen molar-refractivity contribution in [2.24, 2.45) is 5.92 Å². The van der Waals surface area contributed by atoms with Crippen molar-refractivity contribution >= 4 is 5.97 Å². The van der Waals surface area contributed by atoms with Gasteiger partial charge in [0.15, 0.2) is 0 Å². The summed E-state index contributed by atoms with van der Waals surface area (Å²) in [7, 11) is 2.13. The second kappa shape index (κ2) is 4.39. The summed E-state index contributed by atoms with van der Waals surface area (Å²) in [6.45, 7) is 1.92. The molecule has 2 aliphatic heterocycles. The minimum absolute atomic E-state index is 0.256. The summed E-state index contributed by atoms with van der Waals surface area (Å²) in [6, 6.07) is 0.423. The lowest BCUT2D eigenvalue weighted by Gasteiger charge is -2.19. The van der Waals surface area contributed by atoms with E-state index in [4.69, 9.17) is 5.11 Å². The largest absolute Gasteiger partial charge is 0.481 e. The van der Waals surface area contributed by atoms with Gasteiger partial charge in [0.25, 0.3) is 0 Å². The molecule has 0 saturated carbocycles. The molecule has 5 nitrogen and oxygen atoms in total. The molecule has 3 rings (SSSR count). The Morgan fingerprint density at radius 1 is 1.44 bits per heavy atom. The minimum Gasteiger partial charge on any atom is -0.481 e. The summed E-state index contributed by atoms with van der Waals surface area (Å²) in [5, 5.41) is 9.08. The van der Waals surface area contributed by atoms with E-state index < -0.39 is 5.97 Å². The topological polar surface area (TPSA) is 58.4 Å². The van der Waals surface area contributed by atoms with E-state index in [-0.39, 0.29) is 5.92 Å². The van der Waals surface area contributed by atoms with Gasteiger partial charge in [-0.15, -0.1) is 0 Å². The molecule has 1 aromatic heterocycles. The number of imidazole rings is 1. The van der Waals surface area contributed by atoms with Crippen LogP contribution in [0.2, 0.25) is 0 Å². The van der Waals surface area contributed by atoms with Gasteiger partial charge in [-0.25, -0.2) is 4.98 Å². The van der Waals surface area contributed by atoms with Gasteiger partial charge < -0.3 is 9.67 Å². The average Bonchev–Trinajstić information content (AvgIpc) is 2.92. The first-order chi connectivity index (χ1) is 8.65. The molecule has 1 N–H and O–H groups in total. The van der Waals surface area contributed by atoms with Crippen LogP contribution >= 0.6 is 0 Å². The van der Waals surface area contributed by atoms with Crippen molar-refractivity contribution in [3.8, 4) is 0 Å². The van der Waals surface area contributed by atoms with Crippen LogP contribution in [0.15, 0.2) is 6.20 Å². The van der Waals surface area contributed by atoms with Crippen LogP contribution < -0.4 is 0 Å². The summed E-state index contributed by atoms with van der Waals surface area (Å²) in [5.41, 5.74) is 1.12. The van der Waals surface area contributed by atoms with Gasteiger partial charge in [-0.05, 0) is 32.9 Å². The lowest BCUT2D eigenvalue weighted by molar-refractivity contribution is -0.142. The number of likely N-dealkylation sites (tertiary alicyclic amines) is 1. The Labute approximate surface area is 106 Å². The third-order valence-electron chi connectivity index (χ3n) is 4.24. The number of rotatable bonds is 2. The Kier molecular flexibility index (Phi) is 2.86. The van der Waals surface area contributed by atoms with Crippen LogP contribution in [0, 0.1) is 5.92 Å². The zero-order chi connectivity index (χ0) is 12.7. The molecule has 0 bridgehead atoms. The van der Waals surface area contributed by atoms with Crippen LogP contribution in [-0.4, -0.2) is 39.1 Å². The Morgan fingerprint density at radius 2 is 2.28 bits per heavy atom. The van der Waals surface area contributed by atoms with Crippen LogP contribution in [0.3, 0.4) is 0 Å². The Hall–Kier alpha value is -1.36. The zero-order valence-electron chi connectivity index (χ0n) is 10.7. The minimum atomic E-state index is -0.691. The number of carboxylic acids is 1. The van der Waals surface area contributed by atoms with Gasteiger partial charge in [-0.1, -0.05) is 0 Å². The Bertz CT molecular complexity index is 469. The standard InChI is InChI=1S/C13H19N3O2/c1-15-5-2-3-11(15)10-8-16-6-4-9(13(17)18)7-12(16)14-10/h8-9,11H,2-7H2,1H3,(H,17,18). The summed E-state index contributed by atoms with van der Waals surface area (Å²) in [6.07, 6.45) is 5.81. The highest BCUT2D eigenvalue weighted by Crippen LogP contribution is 2.31. The van der Waals surface area contributed by atoms with E-state index in [2.05, 4.69) is 27.7 Å². The molecule has 2 unspecified atom stereocenters. The van der Waals surface area contributed by atoms with Crippen LogP contribution in [-0.2, 0) is 17.8 Å². The number of carboxylic acid groups (broad SMARTS) is 1. The molecule has 0 aromatic carbocycles. The zero-order valence-corrected chi connectivity index (χ0v) is 10.7. The van der Waals surface area contributed by atoms with E-state index >= 15 is 0 Å². The van der Waals surface area contributed by atoms with Crippen molar-refractivity contribution in [3.63, 3.8) is 0 Å². The second-order valence-electron chi connectivity index (χ2n) is 5.44. The fourth-order valence-electron chi connectivity index (χ4n) is 3.11. The maximum atomic E-state index is 11.0. The number of aryl methyl sites for hydroxylation is 1. The maximum absolute atomic E-state index is 11.0. The lowest BCUT2D eigenvalue weighted by Crippen LogP contribution is -2.25. The van der Waals surface area contributed by atoms with Crippen LogP contribution in [0.4, 0.5) is 0 Å². The van der Waals surface area contributed by atoms with Gasteiger partial charge in [0.2, 0.25) is 0 Å². The molecule has 2 atom stereocenters. The van der Waals surface area contributed by atoms with E-state index in [9.17, 15) is 4.79 Å². The first-order valence-electron chi connectivity index (χ1n) is 6.64. The SMILES string of the molecule is CN1CCCC1c1cn2c(n1)CC(C(=O)O)CC2. The monoisotopic (exact) mass is 249 g/mol. The van der Waals surface area contributed by atoms with E-state index in [0.29, 0.717) is 12.5 Å². The highest BCUT2D eigenvalue weighted by atomic mass is 16.4. The first kappa shape index (κ1) is 11.7. The van der Waals surface area contributed by atoms with Crippen LogP contribution in [0.1, 0.15) is 36.8 Å². The lowest BCUT2D eigenvalue weighted by atomic mass is 9.98. The maximum Gasteiger partial charge on any atom is 0.307 e. The third-order valence-corrected chi connectivity index (χ3v) is 4.24. The molecule has 1 fully saturated rings. The van der Waals surface area contributed by atoms with Crippen LogP contribution in [0.25, 0.3) is 0 Å². The Morgan fingerprint density at radius 3 is 2.94 bits per heavy atom. The van der Waals surface area contributed by atoms with Crippen molar-refractivity contribution in [1.82, 2.24) is 14.5 Å². The molecule has 98 valence electrons. The van der Waals surface area contributed by atoms with Gasteiger partial charge >= 0.3 is 5.97 Å². The highest BCUT2D eigenvalue weighted by molar-refractivity contribution is 5.70. The molecule has 0 amide bonds. The van der Waals surface area contributed by atoms with E-state index in [1.165, 1.54) is 6.42 Å². The average molecular weight is 249 g/mol. The summed E-state index contributed by atoms with van der Waals surface area (Å²) in [4.78, 5) is 18.0. The molecule has 0 radical (unpaired) electrons. The van der Waals surface area contributed by atoms with Crippen LogP contribution in [0.5, 0.6) is 0 Å². The van der Waals surface area contributed by atoms with Gasteiger partial charge in [0.05, 0.1) is 17.7 Å². The quantitative estimate of drug-likeness (QED) is 0.858. The van der Waals surface area contributed by atoms with Crippen molar-refractivity contribution in [2.75, 3.05) is 13.6 Å². The predicted molar refractivity (Wildman–Crippen MR) is 66.3 cm³/mol. The number of hydrogen-bond acceptors (Lipinski definition) is 3. The van der Waals surface area contributed by atoms with Gasteiger partial charge in [0, 0.05) is 19.2 Å². The number of hydrogen-bond donors (Lipinski definition) is 1. The number of nitrogens with zero attached hydrogens (tertiary/aromatic N) is 3. The van der Waals surface area contributed by atoms with Gasteiger partial charge in [-0.2, -0.15) is 0 Å². The molecule has 0 spiro atoms. The molecule has 3 heterocycles. The first-order valence-corrected chi connectivity index (χ1v) is 6.64. The number of aliphatic carboxylic acids is 1. The highest BCUT2D eigenvalue weighted by Gasteiger charge is 2.29. The fraction of sp³-hybridized carbons (Fsp3) is 0.692. The van der Waals surface area contributed by atoms with Crippen molar-refractivity contribution in [1.29, 1.82) is 0 Å². The molecule has 18 heavy (non-hydrogen) atoms. The Balaban J connectivity index is 1.82. The number of carbonyl (C=O) groups is 1. The molecule has 1 saturated heterocycles. The van der Waals surface area contributed by atoms with E-state index in [0.717, 1.165) is 37.4 Å². The second-order valence-corrected chi connectivity index (χ2v) is 5.44. The predicted octanol–water partition coefficient (Wildman–Crippen LogP) is 1.30. The molecular weight excluding hydrogens is 230 g/mol. The molecule has 0 aliphatic carbocycles. The fourth-order valence-corrected chi connectivity index (χ4v) is 3.11. The van der Waals surface area contributed by atoms with E-state index in [1.807, 2.05) is 0 Å². The van der Waals surface area contributed by atoms with Crippen molar-refractivity contribution in [3.05, 3.63) is 17.7 Å². The number of aromatic nitrogens is 2. The molecule has 1 aromatic rings. The van der Waals surface area contributed by atoms with Crippen molar-refractivity contribution in [2.45, 2.75) is 38.3 Å². The third kappa shape index (κ3) is 1.92. The van der Waals surface area contributed by atoms with Crippen molar-refractivity contribution < 1.29 is 9.90 Å². The smallest absolute Gasteiger partial charge is 0.307 e. The normalized spacial score (nSPS) is 28.3. The number of fused-ring (bicyclic) bond motifs is 1. The molecule has 5 heteroatoms. The van der Waals surface area contributed by atoms with Gasteiger partial charge in [0.1, 0.15) is 5.82 Å². The van der Waals surface area contributed by atoms with Gasteiger partial charge in [-0.3, -0.25) is 9.69 Å². The summed E-state index contributed by atoms with van der Waals surface area (Å²) >= 11 is 0. The molecule has 2 aliphatic rings. The summed E-state index contributed by atoms with van der Waals surface area (Å²) < 4.78 is 2.14. The summed E-state index contributed by atoms with van der Waals surface area (Å²) in [5.74, 6) is 0.00166. The van der Waals surface area contributed by atoms with E-state index in [1.54, 1.807) is 0 Å².